The summed E-state index contributed by atoms with van der Waals surface area (Å²) in [5.74, 6) is 0.844. The van der Waals surface area contributed by atoms with Gasteiger partial charge >= 0.3 is 0 Å². The number of aliphatic hydroxyl groups excluding tert-OH is 1. The van der Waals surface area contributed by atoms with E-state index in [-0.39, 0.29) is 0 Å². The van der Waals surface area contributed by atoms with Crippen molar-refractivity contribution in [3.05, 3.63) is 65.2 Å². The number of nitrogens with zero attached hydrogens (tertiary/aromatic N) is 1. The fourth-order valence-electron chi connectivity index (χ4n) is 2.52. The van der Waals surface area contributed by atoms with Gasteiger partial charge in [0.2, 0.25) is 0 Å². The molecule has 1 unspecified atom stereocenters. The molecule has 3 heteroatoms. The summed E-state index contributed by atoms with van der Waals surface area (Å²) < 4.78 is 5.77. The van der Waals surface area contributed by atoms with Crippen LogP contribution in [0.4, 0.5) is 0 Å². The van der Waals surface area contributed by atoms with Crippen molar-refractivity contribution in [3.8, 4) is 5.75 Å². The maximum absolute atomic E-state index is 10.4. The summed E-state index contributed by atoms with van der Waals surface area (Å²) in [7, 11) is 0. The molecule has 0 saturated carbocycles. The Bertz CT molecular complexity index is 574. The lowest BCUT2D eigenvalue weighted by Crippen LogP contribution is -2.27. The molecule has 0 aliphatic carbocycles. The van der Waals surface area contributed by atoms with Gasteiger partial charge < -0.3 is 14.7 Å². The van der Waals surface area contributed by atoms with Crippen LogP contribution in [0.2, 0.25) is 0 Å². The number of hydrogen-bond acceptors (Lipinski definition) is 3. The quantitative estimate of drug-likeness (QED) is 0.804. The predicted octanol–water partition coefficient (Wildman–Crippen LogP) is 3.80. The number of aliphatic hydroxyl groups is 1. The van der Waals surface area contributed by atoms with Crippen LogP contribution in [-0.4, -0.2) is 36.2 Å². The van der Waals surface area contributed by atoms with E-state index in [0.29, 0.717) is 6.61 Å². The zero-order valence-electron chi connectivity index (χ0n) is 14.3. The van der Waals surface area contributed by atoms with Crippen LogP contribution >= 0.6 is 0 Å². The molecule has 3 nitrogen and oxygen atoms in total. The number of rotatable bonds is 8. The van der Waals surface area contributed by atoms with E-state index in [1.807, 2.05) is 55.5 Å². The third kappa shape index (κ3) is 5.08. The Morgan fingerprint density at radius 2 is 1.43 bits per heavy atom. The molecule has 1 atom stereocenters. The molecule has 0 spiro atoms. The van der Waals surface area contributed by atoms with Gasteiger partial charge in [-0.05, 0) is 43.3 Å². The van der Waals surface area contributed by atoms with Gasteiger partial charge in [-0.3, -0.25) is 0 Å². The van der Waals surface area contributed by atoms with Crippen molar-refractivity contribution in [2.75, 3.05) is 26.2 Å². The van der Waals surface area contributed by atoms with E-state index in [1.54, 1.807) is 0 Å². The summed E-state index contributed by atoms with van der Waals surface area (Å²) in [6.07, 6.45) is -0.597. The van der Waals surface area contributed by atoms with Crippen molar-refractivity contribution in [1.29, 1.82) is 0 Å². The van der Waals surface area contributed by atoms with E-state index in [0.717, 1.165) is 36.5 Å². The Hall–Kier alpha value is -1.84. The Morgan fingerprint density at radius 1 is 0.913 bits per heavy atom. The smallest absolute Gasteiger partial charge is 0.119 e. The molecule has 0 amide bonds. The zero-order valence-corrected chi connectivity index (χ0v) is 14.3. The van der Waals surface area contributed by atoms with Gasteiger partial charge in [-0.15, -0.1) is 0 Å². The van der Waals surface area contributed by atoms with Crippen molar-refractivity contribution >= 4 is 0 Å². The monoisotopic (exact) mass is 313 g/mol. The number of benzene rings is 2. The van der Waals surface area contributed by atoms with Gasteiger partial charge in [0.15, 0.2) is 0 Å². The molecule has 0 aliphatic rings. The van der Waals surface area contributed by atoms with Crippen LogP contribution in [0.1, 0.15) is 36.6 Å². The first-order valence-corrected chi connectivity index (χ1v) is 8.33. The minimum atomic E-state index is -0.597. The molecule has 0 fully saturated rings. The topological polar surface area (TPSA) is 32.7 Å². The molecular weight excluding hydrogens is 286 g/mol. The van der Waals surface area contributed by atoms with E-state index >= 15 is 0 Å². The fourth-order valence-corrected chi connectivity index (χ4v) is 2.52. The van der Waals surface area contributed by atoms with Gasteiger partial charge in [-0.25, -0.2) is 0 Å². The van der Waals surface area contributed by atoms with Crippen molar-refractivity contribution in [2.45, 2.75) is 26.9 Å². The van der Waals surface area contributed by atoms with Gasteiger partial charge in [0, 0.05) is 6.54 Å². The number of ether oxygens (including phenoxy) is 1. The Morgan fingerprint density at radius 3 is 1.96 bits per heavy atom. The second kappa shape index (κ2) is 8.70. The molecule has 124 valence electrons. The normalized spacial score (nSPS) is 12.4. The number of aryl methyl sites for hydroxylation is 1. The molecule has 0 heterocycles. The molecule has 0 bridgehead atoms. The van der Waals surface area contributed by atoms with Gasteiger partial charge in [0.1, 0.15) is 18.5 Å². The van der Waals surface area contributed by atoms with Gasteiger partial charge in [0.25, 0.3) is 0 Å². The van der Waals surface area contributed by atoms with Crippen LogP contribution in [0.5, 0.6) is 5.75 Å². The maximum Gasteiger partial charge on any atom is 0.119 e. The van der Waals surface area contributed by atoms with Crippen molar-refractivity contribution in [2.24, 2.45) is 0 Å². The SMILES string of the molecule is CCN(CC)CCOc1ccc(C(O)c2ccc(C)cc2)cc1. The third-order valence-electron chi connectivity index (χ3n) is 4.16. The molecule has 2 aromatic rings. The molecular formula is C20H27NO2. The molecule has 2 rings (SSSR count). The number of likely N-dealkylation sites (N-methyl/N-ethyl adjacent to an activating group) is 1. The first kappa shape index (κ1) is 17.5. The van der Waals surface area contributed by atoms with Crippen LogP contribution < -0.4 is 4.74 Å². The summed E-state index contributed by atoms with van der Waals surface area (Å²) in [6.45, 7) is 10.1. The Kier molecular flexibility index (Phi) is 6.63. The van der Waals surface area contributed by atoms with E-state index in [4.69, 9.17) is 4.74 Å². The highest BCUT2D eigenvalue weighted by Crippen LogP contribution is 2.24. The largest absolute Gasteiger partial charge is 0.492 e. The molecule has 1 N–H and O–H groups in total. The molecule has 0 saturated heterocycles. The molecule has 2 aromatic carbocycles. The summed E-state index contributed by atoms with van der Waals surface area (Å²) in [5.41, 5.74) is 2.98. The zero-order chi connectivity index (χ0) is 16.7. The van der Waals surface area contributed by atoms with Gasteiger partial charge in [0.05, 0.1) is 0 Å². The first-order chi connectivity index (χ1) is 11.1. The van der Waals surface area contributed by atoms with Crippen LogP contribution in [0.3, 0.4) is 0 Å². The maximum atomic E-state index is 10.4. The highest BCUT2D eigenvalue weighted by atomic mass is 16.5. The average Bonchev–Trinajstić information content (AvgIpc) is 2.59. The minimum absolute atomic E-state index is 0.597. The molecule has 0 aromatic heterocycles. The second-order valence-corrected chi connectivity index (χ2v) is 5.76. The Balaban J connectivity index is 1.92. The Labute approximate surface area is 139 Å². The van der Waals surface area contributed by atoms with Crippen LogP contribution in [0.25, 0.3) is 0 Å². The summed E-state index contributed by atoms with van der Waals surface area (Å²) in [5, 5.41) is 10.4. The lowest BCUT2D eigenvalue weighted by molar-refractivity contribution is 0.218. The van der Waals surface area contributed by atoms with E-state index in [9.17, 15) is 5.11 Å². The fraction of sp³-hybridized carbons (Fsp3) is 0.400. The van der Waals surface area contributed by atoms with E-state index in [1.165, 1.54) is 5.56 Å². The molecule has 23 heavy (non-hydrogen) atoms. The molecule has 0 radical (unpaired) electrons. The summed E-state index contributed by atoms with van der Waals surface area (Å²) in [4.78, 5) is 2.33. The van der Waals surface area contributed by atoms with Crippen LogP contribution in [0.15, 0.2) is 48.5 Å². The van der Waals surface area contributed by atoms with E-state index in [2.05, 4.69) is 18.7 Å². The highest BCUT2D eigenvalue weighted by molar-refractivity contribution is 5.34. The minimum Gasteiger partial charge on any atom is -0.492 e. The highest BCUT2D eigenvalue weighted by Gasteiger charge is 2.10. The van der Waals surface area contributed by atoms with Crippen LogP contribution in [-0.2, 0) is 0 Å². The standard InChI is InChI=1S/C20H27NO2/c1-4-21(5-2)14-15-23-19-12-10-18(11-13-19)20(22)17-8-6-16(3)7-9-17/h6-13,20,22H,4-5,14-15H2,1-3H3. The lowest BCUT2D eigenvalue weighted by Gasteiger charge is -2.18. The number of hydrogen-bond donors (Lipinski definition) is 1. The lowest BCUT2D eigenvalue weighted by atomic mass is 10.0. The van der Waals surface area contributed by atoms with Crippen molar-refractivity contribution < 1.29 is 9.84 Å². The summed E-state index contributed by atoms with van der Waals surface area (Å²) in [6, 6.07) is 15.7. The third-order valence-corrected chi connectivity index (χ3v) is 4.16. The molecule has 0 aliphatic heterocycles. The predicted molar refractivity (Wildman–Crippen MR) is 95.0 cm³/mol. The van der Waals surface area contributed by atoms with Gasteiger partial charge in [-0.2, -0.15) is 0 Å². The van der Waals surface area contributed by atoms with E-state index < -0.39 is 6.10 Å². The second-order valence-electron chi connectivity index (χ2n) is 5.76. The van der Waals surface area contributed by atoms with Crippen molar-refractivity contribution in [3.63, 3.8) is 0 Å². The van der Waals surface area contributed by atoms with Crippen molar-refractivity contribution in [1.82, 2.24) is 4.90 Å². The average molecular weight is 313 g/mol. The van der Waals surface area contributed by atoms with Gasteiger partial charge in [-0.1, -0.05) is 55.8 Å². The first-order valence-electron chi connectivity index (χ1n) is 8.33. The van der Waals surface area contributed by atoms with Crippen LogP contribution in [0, 0.1) is 6.92 Å². The summed E-state index contributed by atoms with van der Waals surface area (Å²) >= 11 is 0.